The number of benzene rings is 1. The lowest BCUT2D eigenvalue weighted by Crippen LogP contribution is -1.80. The van der Waals surface area contributed by atoms with E-state index in [4.69, 9.17) is 0 Å². The van der Waals surface area contributed by atoms with Gasteiger partial charge in [-0.3, -0.25) is 0 Å². The maximum atomic E-state index is 3.46. The lowest BCUT2D eigenvalue weighted by atomic mass is 10.1. The molecule has 1 radical (unpaired) electrons. The van der Waals surface area contributed by atoms with Gasteiger partial charge in [-0.15, -0.1) is 5.92 Å². The van der Waals surface area contributed by atoms with Crippen LogP contribution in [0.4, 0.5) is 0 Å². The van der Waals surface area contributed by atoms with Gasteiger partial charge in [0.15, 0.2) is 0 Å². The minimum absolute atomic E-state index is 0.809. The zero-order chi connectivity index (χ0) is 8.10. The van der Waals surface area contributed by atoms with Crippen LogP contribution in [0.25, 0.3) is 0 Å². The van der Waals surface area contributed by atoms with Crippen molar-refractivity contribution in [3.63, 3.8) is 0 Å². The summed E-state index contributed by atoms with van der Waals surface area (Å²) in [6, 6.07) is 8.39. The summed E-state index contributed by atoms with van der Waals surface area (Å²) < 4.78 is 0. The molecular formula is C11H11. The van der Waals surface area contributed by atoms with Gasteiger partial charge >= 0.3 is 0 Å². The molecule has 0 fully saturated rings. The Hall–Kier alpha value is -1.22. The Balaban J connectivity index is 2.71. The van der Waals surface area contributed by atoms with Crippen molar-refractivity contribution in [2.75, 3.05) is 0 Å². The second-order valence-electron chi connectivity index (χ2n) is 2.52. The molecule has 0 aliphatic carbocycles. The molecule has 0 spiro atoms. The molecule has 0 saturated carbocycles. The molecule has 0 atom stereocenters. The van der Waals surface area contributed by atoms with Gasteiger partial charge in [-0.05, 0) is 12.5 Å². The van der Waals surface area contributed by atoms with Crippen molar-refractivity contribution >= 4 is 0 Å². The second-order valence-corrected chi connectivity index (χ2v) is 2.52. The zero-order valence-corrected chi connectivity index (χ0v) is 6.72. The first-order valence-corrected chi connectivity index (χ1v) is 3.63. The number of aryl methyl sites for hydroxylation is 1. The van der Waals surface area contributed by atoms with E-state index in [0.717, 1.165) is 6.42 Å². The topological polar surface area (TPSA) is 0 Å². The fourth-order valence-corrected chi connectivity index (χ4v) is 0.870. The molecule has 11 heavy (non-hydrogen) atoms. The smallest absolute Gasteiger partial charge is 0.0340 e. The van der Waals surface area contributed by atoms with E-state index in [2.05, 4.69) is 50.0 Å². The van der Waals surface area contributed by atoms with Crippen molar-refractivity contribution in [3.05, 3.63) is 42.3 Å². The van der Waals surface area contributed by atoms with Gasteiger partial charge in [0.2, 0.25) is 0 Å². The van der Waals surface area contributed by atoms with Crippen LogP contribution in [0.2, 0.25) is 0 Å². The van der Waals surface area contributed by atoms with Crippen LogP contribution in [-0.4, -0.2) is 0 Å². The highest BCUT2D eigenvalue weighted by atomic mass is 13.9. The predicted molar refractivity (Wildman–Crippen MR) is 48.0 cm³/mol. The number of hydrogen-bond donors (Lipinski definition) is 0. The van der Waals surface area contributed by atoms with E-state index in [1.165, 1.54) is 11.1 Å². The quantitative estimate of drug-likeness (QED) is 0.529. The van der Waals surface area contributed by atoms with Crippen molar-refractivity contribution in [2.24, 2.45) is 0 Å². The molecule has 0 heterocycles. The third-order valence-electron chi connectivity index (χ3n) is 1.54. The molecule has 0 unspecified atom stereocenters. The van der Waals surface area contributed by atoms with Crippen molar-refractivity contribution in [3.8, 4) is 11.8 Å². The monoisotopic (exact) mass is 143 g/mol. The maximum absolute atomic E-state index is 3.46. The molecule has 0 N–H and O–H groups in total. The number of hydrogen-bond acceptors (Lipinski definition) is 0. The Morgan fingerprint density at radius 2 is 1.91 bits per heavy atom. The summed E-state index contributed by atoms with van der Waals surface area (Å²) in [5, 5.41) is 0. The Kier molecular flexibility index (Phi) is 2.74. The normalized spacial score (nSPS) is 8.55. The summed E-state index contributed by atoms with van der Waals surface area (Å²) in [5.74, 6) is 5.55. The lowest BCUT2D eigenvalue weighted by Gasteiger charge is -1.94. The SMILES string of the molecule is [CH2]C#CCc1ccc(C)cc1. The van der Waals surface area contributed by atoms with Gasteiger partial charge in [-0.25, -0.2) is 0 Å². The van der Waals surface area contributed by atoms with Crippen molar-refractivity contribution < 1.29 is 0 Å². The number of rotatable bonds is 1. The Morgan fingerprint density at radius 3 is 2.45 bits per heavy atom. The van der Waals surface area contributed by atoms with E-state index < -0.39 is 0 Å². The molecule has 0 aliphatic heterocycles. The zero-order valence-electron chi connectivity index (χ0n) is 6.72. The van der Waals surface area contributed by atoms with Crippen molar-refractivity contribution in [1.82, 2.24) is 0 Å². The van der Waals surface area contributed by atoms with E-state index in [0.29, 0.717) is 0 Å². The summed E-state index contributed by atoms with van der Waals surface area (Å²) >= 11 is 0. The van der Waals surface area contributed by atoms with Crippen molar-refractivity contribution in [2.45, 2.75) is 13.3 Å². The average molecular weight is 143 g/mol. The second kappa shape index (κ2) is 3.83. The van der Waals surface area contributed by atoms with E-state index in [1.54, 1.807) is 0 Å². The minimum Gasteiger partial charge on any atom is -0.102 e. The third kappa shape index (κ3) is 2.47. The largest absolute Gasteiger partial charge is 0.102 e. The fraction of sp³-hybridized carbons (Fsp3) is 0.182. The van der Waals surface area contributed by atoms with Crippen LogP contribution >= 0.6 is 0 Å². The molecule has 0 heteroatoms. The Bertz CT molecular complexity index is 269. The molecule has 0 amide bonds. The first-order chi connectivity index (χ1) is 5.33. The molecule has 1 rings (SSSR count). The summed E-state index contributed by atoms with van der Waals surface area (Å²) in [4.78, 5) is 0. The molecule has 0 aromatic heterocycles. The standard InChI is InChI=1S/C11H11/c1-3-4-5-11-8-6-10(2)7-9-11/h6-9H,1,5H2,2H3. The van der Waals surface area contributed by atoms with E-state index in [9.17, 15) is 0 Å². The molecule has 1 aromatic rings. The predicted octanol–water partition coefficient (Wildman–Crippen LogP) is 2.38. The summed E-state index contributed by atoms with van der Waals surface area (Å²) in [7, 11) is 0. The van der Waals surface area contributed by atoms with Crippen LogP contribution < -0.4 is 0 Å². The molecule has 0 bridgehead atoms. The molecule has 1 aromatic carbocycles. The first kappa shape index (κ1) is 7.88. The van der Waals surface area contributed by atoms with E-state index in [-0.39, 0.29) is 0 Å². The molecular weight excluding hydrogens is 132 g/mol. The van der Waals surface area contributed by atoms with Gasteiger partial charge in [0, 0.05) is 13.3 Å². The van der Waals surface area contributed by atoms with Crippen LogP contribution in [-0.2, 0) is 6.42 Å². The summed E-state index contributed by atoms with van der Waals surface area (Å²) in [6.07, 6.45) is 0.809. The molecule has 0 saturated heterocycles. The molecule has 55 valence electrons. The molecule has 0 nitrogen and oxygen atoms in total. The van der Waals surface area contributed by atoms with Crippen molar-refractivity contribution in [1.29, 1.82) is 0 Å². The summed E-state index contributed by atoms with van der Waals surface area (Å²) in [5.41, 5.74) is 2.54. The third-order valence-corrected chi connectivity index (χ3v) is 1.54. The van der Waals surface area contributed by atoms with Gasteiger partial charge < -0.3 is 0 Å². The van der Waals surface area contributed by atoms with Gasteiger partial charge in [-0.1, -0.05) is 35.7 Å². The summed E-state index contributed by atoms with van der Waals surface area (Å²) in [6.45, 7) is 5.54. The van der Waals surface area contributed by atoms with Crippen LogP contribution in [0.5, 0.6) is 0 Å². The van der Waals surface area contributed by atoms with Gasteiger partial charge in [0.25, 0.3) is 0 Å². The van der Waals surface area contributed by atoms with Crippen LogP contribution in [0.15, 0.2) is 24.3 Å². The Labute approximate surface area is 68.3 Å². The minimum atomic E-state index is 0.809. The fourth-order valence-electron chi connectivity index (χ4n) is 0.870. The highest BCUT2D eigenvalue weighted by Gasteiger charge is 1.87. The van der Waals surface area contributed by atoms with Gasteiger partial charge in [0.05, 0.1) is 0 Å². The van der Waals surface area contributed by atoms with Crippen LogP contribution in [0.1, 0.15) is 11.1 Å². The van der Waals surface area contributed by atoms with Gasteiger partial charge in [-0.2, -0.15) is 0 Å². The lowest BCUT2D eigenvalue weighted by molar-refractivity contribution is 1.30. The van der Waals surface area contributed by atoms with Crippen LogP contribution in [0.3, 0.4) is 0 Å². The highest BCUT2D eigenvalue weighted by Crippen LogP contribution is 2.02. The van der Waals surface area contributed by atoms with Crippen LogP contribution in [0, 0.1) is 25.7 Å². The first-order valence-electron chi connectivity index (χ1n) is 3.63. The van der Waals surface area contributed by atoms with E-state index >= 15 is 0 Å². The molecule has 0 aliphatic rings. The highest BCUT2D eigenvalue weighted by molar-refractivity contribution is 5.25. The maximum Gasteiger partial charge on any atom is 0.0340 e. The van der Waals surface area contributed by atoms with E-state index in [1.807, 2.05) is 0 Å². The van der Waals surface area contributed by atoms with Gasteiger partial charge in [0.1, 0.15) is 0 Å². The Morgan fingerprint density at radius 1 is 1.27 bits per heavy atom. The average Bonchev–Trinajstić information content (AvgIpc) is 2.04.